The van der Waals surface area contributed by atoms with Crippen LogP contribution in [-0.4, -0.2) is 42.9 Å². The molecule has 1 atom stereocenters. The van der Waals surface area contributed by atoms with Crippen molar-refractivity contribution in [3.63, 3.8) is 0 Å². The van der Waals surface area contributed by atoms with Crippen molar-refractivity contribution in [2.75, 3.05) is 19.8 Å². The number of hydrogen-bond acceptors (Lipinski definition) is 3. The fraction of sp³-hybridized carbons (Fsp3) is 0.833. The van der Waals surface area contributed by atoms with E-state index >= 15 is 0 Å². The number of carbonyl (C=O) groups excluding carboxylic acids is 1. The van der Waals surface area contributed by atoms with Gasteiger partial charge < -0.3 is 20.5 Å². The van der Waals surface area contributed by atoms with Gasteiger partial charge in [-0.05, 0) is 24.7 Å². The maximum atomic E-state index is 11.6. The summed E-state index contributed by atoms with van der Waals surface area (Å²) in [7, 11) is 0. The molecular weight excluding hydrogens is 236 g/mol. The molecule has 6 nitrogen and oxygen atoms in total. The number of aliphatic carboxylic acids is 1. The predicted octanol–water partition coefficient (Wildman–Crippen LogP) is 0.965. The highest BCUT2D eigenvalue weighted by Crippen LogP contribution is 2.28. The van der Waals surface area contributed by atoms with E-state index in [1.807, 2.05) is 0 Å². The smallest absolute Gasteiger partial charge is 0.326 e. The van der Waals surface area contributed by atoms with Gasteiger partial charge in [0.15, 0.2) is 0 Å². The number of urea groups is 1. The van der Waals surface area contributed by atoms with E-state index in [0.717, 1.165) is 12.8 Å². The number of ether oxygens (including phenoxy) is 1. The summed E-state index contributed by atoms with van der Waals surface area (Å²) in [5.74, 6) is -1.01. The third-order valence-electron chi connectivity index (χ3n) is 3.39. The van der Waals surface area contributed by atoms with E-state index in [4.69, 9.17) is 9.84 Å². The van der Waals surface area contributed by atoms with Gasteiger partial charge in [0.05, 0.1) is 0 Å². The summed E-state index contributed by atoms with van der Waals surface area (Å²) in [6, 6.07) is -1.25. The van der Waals surface area contributed by atoms with Crippen LogP contribution in [0.3, 0.4) is 0 Å². The van der Waals surface area contributed by atoms with Gasteiger partial charge in [-0.15, -0.1) is 0 Å². The van der Waals surface area contributed by atoms with Crippen molar-refractivity contribution in [2.24, 2.45) is 5.41 Å². The first-order chi connectivity index (χ1) is 8.47. The second-order valence-electron chi connectivity index (χ2n) is 5.05. The van der Waals surface area contributed by atoms with Crippen molar-refractivity contribution in [3.8, 4) is 0 Å². The van der Waals surface area contributed by atoms with Crippen LogP contribution in [0.15, 0.2) is 0 Å². The Bertz CT molecular complexity index is 300. The third kappa shape index (κ3) is 4.52. The molecule has 0 saturated carbocycles. The molecule has 104 valence electrons. The Morgan fingerprint density at radius 2 is 2.00 bits per heavy atom. The molecule has 1 saturated heterocycles. The maximum Gasteiger partial charge on any atom is 0.326 e. The number of carboxylic acid groups (broad SMARTS) is 1. The molecule has 1 aliphatic heterocycles. The summed E-state index contributed by atoms with van der Waals surface area (Å²) in [5.41, 5.74) is 0.0422. The van der Waals surface area contributed by atoms with Gasteiger partial charge in [0.1, 0.15) is 6.04 Å². The minimum Gasteiger partial charge on any atom is -0.480 e. The van der Waals surface area contributed by atoms with Crippen LogP contribution in [0.2, 0.25) is 0 Å². The molecule has 0 aromatic heterocycles. The monoisotopic (exact) mass is 258 g/mol. The lowest BCUT2D eigenvalue weighted by Crippen LogP contribution is -2.48. The molecule has 0 bridgehead atoms. The van der Waals surface area contributed by atoms with Gasteiger partial charge in [0, 0.05) is 19.8 Å². The summed E-state index contributed by atoms with van der Waals surface area (Å²) in [6.45, 7) is 5.79. The van der Waals surface area contributed by atoms with E-state index < -0.39 is 18.0 Å². The van der Waals surface area contributed by atoms with Crippen molar-refractivity contribution in [2.45, 2.75) is 39.2 Å². The molecule has 1 aliphatic rings. The Morgan fingerprint density at radius 1 is 1.39 bits per heavy atom. The number of rotatable bonds is 5. The Labute approximate surface area is 107 Å². The minimum absolute atomic E-state index is 0.0422. The molecule has 0 aliphatic carbocycles. The van der Waals surface area contributed by atoms with E-state index in [1.54, 1.807) is 6.92 Å². The highest BCUT2D eigenvalue weighted by molar-refractivity contribution is 5.82. The van der Waals surface area contributed by atoms with Crippen molar-refractivity contribution >= 4 is 12.0 Å². The lowest BCUT2D eigenvalue weighted by Gasteiger charge is -2.33. The minimum atomic E-state index is -1.01. The summed E-state index contributed by atoms with van der Waals surface area (Å²) in [5, 5.41) is 14.0. The molecule has 0 spiro atoms. The van der Waals surface area contributed by atoms with Crippen LogP contribution in [-0.2, 0) is 9.53 Å². The highest BCUT2D eigenvalue weighted by atomic mass is 16.5. The fourth-order valence-corrected chi connectivity index (χ4v) is 1.88. The first-order valence-electron chi connectivity index (χ1n) is 6.32. The molecule has 6 heteroatoms. The second-order valence-corrected chi connectivity index (χ2v) is 5.05. The Hall–Kier alpha value is -1.30. The SMILES string of the molecule is CCC(NC(=O)NCC1(C)CCOCC1)C(=O)O. The van der Waals surface area contributed by atoms with Crippen LogP contribution in [0.4, 0.5) is 4.79 Å². The molecule has 0 aromatic rings. The summed E-state index contributed by atoms with van der Waals surface area (Å²) < 4.78 is 5.28. The van der Waals surface area contributed by atoms with Crippen molar-refractivity contribution < 1.29 is 19.4 Å². The molecular formula is C12H22N2O4. The number of nitrogens with one attached hydrogen (secondary N) is 2. The van der Waals surface area contributed by atoms with Gasteiger partial charge in [0.2, 0.25) is 0 Å². The Morgan fingerprint density at radius 3 is 2.50 bits per heavy atom. The first-order valence-corrected chi connectivity index (χ1v) is 6.32. The van der Waals surface area contributed by atoms with Crippen molar-refractivity contribution in [1.82, 2.24) is 10.6 Å². The zero-order valence-electron chi connectivity index (χ0n) is 11.0. The number of carbonyl (C=O) groups is 2. The van der Waals surface area contributed by atoms with Gasteiger partial charge >= 0.3 is 12.0 Å². The van der Waals surface area contributed by atoms with Gasteiger partial charge in [0.25, 0.3) is 0 Å². The highest BCUT2D eigenvalue weighted by Gasteiger charge is 2.28. The standard InChI is InChI=1S/C12H22N2O4/c1-3-9(10(15)16)14-11(17)13-8-12(2)4-6-18-7-5-12/h9H,3-8H2,1-2H3,(H,15,16)(H2,13,14,17). The summed E-state index contributed by atoms with van der Waals surface area (Å²) in [6.07, 6.45) is 2.18. The fourth-order valence-electron chi connectivity index (χ4n) is 1.88. The van der Waals surface area contributed by atoms with E-state index in [-0.39, 0.29) is 5.41 Å². The van der Waals surface area contributed by atoms with Crippen LogP contribution < -0.4 is 10.6 Å². The molecule has 0 radical (unpaired) electrons. The zero-order chi connectivity index (χ0) is 13.6. The summed E-state index contributed by atoms with van der Waals surface area (Å²) >= 11 is 0. The number of hydrogen-bond donors (Lipinski definition) is 3. The van der Waals surface area contributed by atoms with Crippen LogP contribution in [0.1, 0.15) is 33.1 Å². The largest absolute Gasteiger partial charge is 0.480 e. The topological polar surface area (TPSA) is 87.7 Å². The third-order valence-corrected chi connectivity index (χ3v) is 3.39. The van der Waals surface area contributed by atoms with Crippen LogP contribution >= 0.6 is 0 Å². The molecule has 0 aromatic carbocycles. The van der Waals surface area contributed by atoms with E-state index in [9.17, 15) is 9.59 Å². The molecule has 1 fully saturated rings. The molecule has 1 unspecified atom stereocenters. The first kappa shape index (κ1) is 14.8. The maximum absolute atomic E-state index is 11.6. The Balaban J connectivity index is 2.34. The normalized spacial score (nSPS) is 19.9. The van der Waals surface area contributed by atoms with Crippen LogP contribution in [0.5, 0.6) is 0 Å². The van der Waals surface area contributed by atoms with E-state index in [2.05, 4.69) is 17.6 Å². The Kier molecular flexibility index (Phi) is 5.40. The quantitative estimate of drug-likeness (QED) is 0.685. The zero-order valence-corrected chi connectivity index (χ0v) is 11.0. The predicted molar refractivity (Wildman–Crippen MR) is 66.4 cm³/mol. The lowest BCUT2D eigenvalue weighted by molar-refractivity contribution is -0.139. The van der Waals surface area contributed by atoms with Crippen LogP contribution in [0, 0.1) is 5.41 Å². The molecule has 1 rings (SSSR count). The van der Waals surface area contributed by atoms with Crippen molar-refractivity contribution in [3.05, 3.63) is 0 Å². The average molecular weight is 258 g/mol. The van der Waals surface area contributed by atoms with Gasteiger partial charge in [-0.1, -0.05) is 13.8 Å². The molecule has 18 heavy (non-hydrogen) atoms. The molecule has 2 amide bonds. The average Bonchev–Trinajstić information content (AvgIpc) is 2.34. The number of amides is 2. The molecule has 1 heterocycles. The van der Waals surface area contributed by atoms with Crippen molar-refractivity contribution in [1.29, 1.82) is 0 Å². The van der Waals surface area contributed by atoms with E-state index in [1.165, 1.54) is 0 Å². The molecule has 3 N–H and O–H groups in total. The van der Waals surface area contributed by atoms with Gasteiger partial charge in [-0.2, -0.15) is 0 Å². The lowest BCUT2D eigenvalue weighted by atomic mass is 9.82. The number of carboxylic acids is 1. The van der Waals surface area contributed by atoms with Crippen LogP contribution in [0.25, 0.3) is 0 Å². The second kappa shape index (κ2) is 6.58. The van der Waals surface area contributed by atoms with Gasteiger partial charge in [-0.3, -0.25) is 0 Å². The van der Waals surface area contributed by atoms with Gasteiger partial charge in [-0.25, -0.2) is 9.59 Å². The summed E-state index contributed by atoms with van der Waals surface area (Å²) in [4.78, 5) is 22.4. The van der Waals surface area contributed by atoms with E-state index in [0.29, 0.717) is 26.2 Å².